The van der Waals surface area contributed by atoms with Crippen LogP contribution in [0.15, 0.2) is 89.5 Å². The maximum atomic E-state index is 13.1. The minimum absolute atomic E-state index is 0.161. The lowest BCUT2D eigenvalue weighted by molar-refractivity contribution is -0.130. The van der Waals surface area contributed by atoms with Crippen LogP contribution in [-0.2, 0) is 17.8 Å². The molecule has 152 valence electrons. The van der Waals surface area contributed by atoms with Crippen LogP contribution in [0.4, 0.5) is 0 Å². The van der Waals surface area contributed by atoms with E-state index in [1.54, 1.807) is 16.7 Å². The van der Waals surface area contributed by atoms with Gasteiger partial charge in [0.2, 0.25) is 0 Å². The van der Waals surface area contributed by atoms with Crippen molar-refractivity contribution in [1.29, 1.82) is 0 Å². The molecule has 1 unspecified atom stereocenters. The number of carbonyl (C=O) groups excluding carboxylic acids is 1. The number of aryl methyl sites for hydroxylation is 1. The van der Waals surface area contributed by atoms with E-state index in [9.17, 15) is 9.90 Å². The second-order valence-corrected chi connectivity index (χ2v) is 8.29. The van der Waals surface area contributed by atoms with E-state index in [4.69, 9.17) is 0 Å². The number of aliphatic hydroxyl groups is 1. The molecule has 0 spiro atoms. The highest BCUT2D eigenvalue weighted by Crippen LogP contribution is 2.43. The lowest BCUT2D eigenvalue weighted by atomic mass is 9.92. The fourth-order valence-electron chi connectivity index (χ4n) is 3.94. The number of hydrogen-bond acceptors (Lipinski definition) is 3. The molecule has 4 rings (SSSR count). The lowest BCUT2D eigenvalue weighted by Gasteiger charge is -2.28. The Balaban J connectivity index is 1.76. The summed E-state index contributed by atoms with van der Waals surface area (Å²) in [6.45, 7) is 2.56. The number of carbonyl (C=O) groups is 1. The van der Waals surface area contributed by atoms with E-state index in [1.807, 2.05) is 48.7 Å². The quantitative estimate of drug-likeness (QED) is 0.500. The van der Waals surface area contributed by atoms with Crippen molar-refractivity contribution in [1.82, 2.24) is 4.90 Å². The Kier molecular flexibility index (Phi) is 5.96. The maximum absolute atomic E-state index is 13.1. The maximum Gasteiger partial charge on any atom is 0.290 e. The van der Waals surface area contributed by atoms with Gasteiger partial charge < -0.3 is 10.0 Å². The lowest BCUT2D eigenvalue weighted by Crippen LogP contribution is -2.29. The van der Waals surface area contributed by atoms with Crippen molar-refractivity contribution < 1.29 is 9.90 Å². The van der Waals surface area contributed by atoms with Gasteiger partial charge in [0.15, 0.2) is 5.76 Å². The highest BCUT2D eigenvalue weighted by Gasteiger charge is 2.40. The first-order valence-corrected chi connectivity index (χ1v) is 11.4. The normalized spacial score (nSPS) is 16.4. The van der Waals surface area contributed by atoms with Gasteiger partial charge in [-0.2, -0.15) is 0 Å². The van der Waals surface area contributed by atoms with E-state index in [-0.39, 0.29) is 17.7 Å². The summed E-state index contributed by atoms with van der Waals surface area (Å²) in [6, 6.07) is 25.9. The molecule has 3 aromatic carbocycles. The molecule has 0 saturated carbocycles. The first kappa shape index (κ1) is 20.3. The summed E-state index contributed by atoms with van der Waals surface area (Å²) in [5, 5.41) is 10.9. The third-order valence-corrected chi connectivity index (χ3v) is 6.35. The highest BCUT2D eigenvalue weighted by molar-refractivity contribution is 7.98. The molecule has 0 saturated heterocycles. The Morgan fingerprint density at radius 1 is 0.900 bits per heavy atom. The van der Waals surface area contributed by atoms with Crippen LogP contribution in [0, 0.1) is 0 Å². The first-order chi connectivity index (χ1) is 14.6. The predicted molar refractivity (Wildman–Crippen MR) is 123 cm³/mol. The molecule has 0 radical (unpaired) electrons. The Labute approximate surface area is 182 Å². The summed E-state index contributed by atoms with van der Waals surface area (Å²) in [6.07, 6.45) is 3.01. The molecule has 0 bridgehead atoms. The third-order valence-electron chi connectivity index (χ3n) is 5.60. The molecular formula is C26H25NO2S. The van der Waals surface area contributed by atoms with Crippen LogP contribution in [0.1, 0.15) is 35.2 Å². The van der Waals surface area contributed by atoms with Gasteiger partial charge in [0.05, 0.1) is 6.04 Å². The SMILES string of the molecule is CCc1ccc(C2C(c3ccccc3)=C(O)C(=O)N2Cc2ccc(SC)cc2)cc1. The topological polar surface area (TPSA) is 40.5 Å². The highest BCUT2D eigenvalue weighted by atomic mass is 32.2. The van der Waals surface area contributed by atoms with Gasteiger partial charge in [-0.05, 0) is 47.1 Å². The summed E-state index contributed by atoms with van der Waals surface area (Å²) in [5.41, 5.74) is 4.83. The van der Waals surface area contributed by atoms with E-state index >= 15 is 0 Å². The van der Waals surface area contributed by atoms with Crippen LogP contribution in [0.2, 0.25) is 0 Å². The Bertz CT molecular complexity index is 1060. The molecule has 30 heavy (non-hydrogen) atoms. The summed E-state index contributed by atoms with van der Waals surface area (Å²) in [5.74, 6) is -0.487. The molecule has 1 atom stereocenters. The largest absolute Gasteiger partial charge is 0.503 e. The van der Waals surface area contributed by atoms with Crippen LogP contribution in [-0.4, -0.2) is 22.2 Å². The zero-order valence-corrected chi connectivity index (χ0v) is 18.0. The van der Waals surface area contributed by atoms with Crippen molar-refractivity contribution in [3.63, 3.8) is 0 Å². The molecule has 3 nitrogen and oxygen atoms in total. The van der Waals surface area contributed by atoms with Gasteiger partial charge in [-0.3, -0.25) is 4.79 Å². The number of thioether (sulfide) groups is 1. The van der Waals surface area contributed by atoms with Gasteiger partial charge in [-0.15, -0.1) is 11.8 Å². The molecule has 1 N–H and O–H groups in total. The molecule has 0 aromatic heterocycles. The van der Waals surface area contributed by atoms with Crippen LogP contribution in [0.3, 0.4) is 0 Å². The van der Waals surface area contributed by atoms with Crippen molar-refractivity contribution in [3.8, 4) is 0 Å². The first-order valence-electron chi connectivity index (χ1n) is 10.1. The van der Waals surface area contributed by atoms with Crippen LogP contribution in [0.5, 0.6) is 0 Å². The molecule has 1 heterocycles. The number of benzene rings is 3. The van der Waals surface area contributed by atoms with Crippen LogP contribution >= 0.6 is 11.8 Å². The van der Waals surface area contributed by atoms with Crippen molar-refractivity contribution >= 4 is 23.2 Å². The second-order valence-electron chi connectivity index (χ2n) is 7.41. The van der Waals surface area contributed by atoms with Crippen molar-refractivity contribution in [2.45, 2.75) is 30.8 Å². The monoisotopic (exact) mass is 415 g/mol. The van der Waals surface area contributed by atoms with Gasteiger partial charge in [0.25, 0.3) is 5.91 Å². The van der Waals surface area contributed by atoms with E-state index in [2.05, 4.69) is 43.3 Å². The molecule has 4 heteroatoms. The van der Waals surface area contributed by atoms with Crippen LogP contribution in [0.25, 0.3) is 5.57 Å². The Morgan fingerprint density at radius 3 is 2.13 bits per heavy atom. The number of hydrogen-bond donors (Lipinski definition) is 1. The molecule has 1 amide bonds. The van der Waals surface area contributed by atoms with Gasteiger partial charge in [0.1, 0.15) is 0 Å². The molecular weight excluding hydrogens is 390 g/mol. The smallest absolute Gasteiger partial charge is 0.290 e. The number of nitrogens with zero attached hydrogens (tertiary/aromatic N) is 1. The summed E-state index contributed by atoms with van der Waals surface area (Å²) < 4.78 is 0. The van der Waals surface area contributed by atoms with Gasteiger partial charge in [0, 0.05) is 17.0 Å². The molecule has 0 aliphatic carbocycles. The number of aliphatic hydroxyl groups excluding tert-OH is 1. The zero-order valence-electron chi connectivity index (χ0n) is 17.2. The van der Waals surface area contributed by atoms with E-state index in [0.717, 1.165) is 23.1 Å². The third kappa shape index (κ3) is 3.88. The standard InChI is InChI=1S/C26H25NO2S/c1-3-18-9-13-21(14-10-18)24-23(20-7-5-4-6-8-20)25(28)26(29)27(24)17-19-11-15-22(30-2)16-12-19/h4-16,24,28H,3,17H2,1-2H3. The van der Waals surface area contributed by atoms with Crippen molar-refractivity contribution in [2.24, 2.45) is 0 Å². The average molecular weight is 416 g/mol. The minimum Gasteiger partial charge on any atom is -0.503 e. The predicted octanol–water partition coefficient (Wildman–Crippen LogP) is 6.02. The van der Waals surface area contributed by atoms with Crippen molar-refractivity contribution in [2.75, 3.05) is 6.26 Å². The molecule has 3 aromatic rings. The van der Waals surface area contributed by atoms with Gasteiger partial charge in [-0.1, -0.05) is 73.7 Å². The average Bonchev–Trinajstić information content (AvgIpc) is 3.05. The van der Waals surface area contributed by atoms with E-state index in [1.165, 1.54) is 10.5 Å². The summed E-state index contributed by atoms with van der Waals surface area (Å²) in [4.78, 5) is 16.1. The molecule has 1 aliphatic heterocycles. The number of rotatable bonds is 6. The Hall–Kier alpha value is -2.98. The molecule has 1 aliphatic rings. The minimum atomic E-state index is -0.328. The Morgan fingerprint density at radius 2 is 1.53 bits per heavy atom. The summed E-state index contributed by atoms with van der Waals surface area (Å²) >= 11 is 1.69. The summed E-state index contributed by atoms with van der Waals surface area (Å²) in [7, 11) is 0. The zero-order chi connectivity index (χ0) is 21.1. The second kappa shape index (κ2) is 8.80. The van der Waals surface area contributed by atoms with Crippen molar-refractivity contribution in [3.05, 3.63) is 107 Å². The molecule has 0 fully saturated rings. The van der Waals surface area contributed by atoms with E-state index in [0.29, 0.717) is 12.1 Å². The fraction of sp³-hybridized carbons (Fsp3) is 0.192. The van der Waals surface area contributed by atoms with E-state index < -0.39 is 0 Å². The van der Waals surface area contributed by atoms with Gasteiger partial charge >= 0.3 is 0 Å². The fourth-order valence-corrected chi connectivity index (χ4v) is 4.35. The number of amides is 1. The van der Waals surface area contributed by atoms with Gasteiger partial charge in [-0.25, -0.2) is 0 Å². The van der Waals surface area contributed by atoms with Crippen LogP contribution < -0.4 is 0 Å².